The molecule has 7 nitrogen and oxygen atoms in total. The Labute approximate surface area is 110 Å². The number of amidine groups is 1. The maximum absolute atomic E-state index is 9.99. The van der Waals surface area contributed by atoms with Crippen LogP contribution in [0, 0.1) is 0 Å². The van der Waals surface area contributed by atoms with Gasteiger partial charge in [0, 0.05) is 24.6 Å². The molecule has 0 fully saturated rings. The fourth-order valence-corrected chi connectivity index (χ4v) is 2.15. The molecular weight excluding hydrogens is 248 g/mol. The van der Waals surface area contributed by atoms with E-state index in [0.717, 1.165) is 11.1 Å². The number of aliphatic hydroxyl groups excluding tert-OH is 1. The Kier molecular flexibility index (Phi) is 2.54. The number of hydrogen-bond acceptors (Lipinski definition) is 7. The van der Waals surface area contributed by atoms with Crippen molar-refractivity contribution in [3.63, 3.8) is 0 Å². The topological polar surface area (TPSA) is 89.4 Å². The molecule has 0 radical (unpaired) electrons. The van der Waals surface area contributed by atoms with E-state index in [2.05, 4.69) is 16.1 Å². The number of ether oxygens (including phenoxy) is 1. The summed E-state index contributed by atoms with van der Waals surface area (Å²) in [5.74, 6) is 0.913. The average Bonchev–Trinajstić information content (AvgIpc) is 2.81. The fraction of sp³-hybridized carbons (Fsp3) is 0.417. The van der Waals surface area contributed by atoms with Crippen LogP contribution in [0.15, 0.2) is 39.9 Å². The Morgan fingerprint density at radius 2 is 2.32 bits per heavy atom. The van der Waals surface area contributed by atoms with Crippen molar-refractivity contribution in [1.82, 2.24) is 16.1 Å². The van der Waals surface area contributed by atoms with Crippen LogP contribution >= 0.6 is 0 Å². The normalized spacial score (nSPS) is 30.6. The number of hydrogen-bond donors (Lipinski definition) is 4. The lowest BCUT2D eigenvalue weighted by Gasteiger charge is -2.31. The number of aliphatic hydroxyl groups is 2. The molecule has 0 aromatic carbocycles. The first kappa shape index (κ1) is 12.1. The van der Waals surface area contributed by atoms with Crippen molar-refractivity contribution in [2.45, 2.75) is 18.9 Å². The quantitative estimate of drug-likeness (QED) is 0.535. The standard InChI is InChI=1S/C12H16N4O3/c1-12(18)4-3-7-5-8(6-19-9(7)10(12)17)11-13-15-16(2)14-11/h3,5,15,17-18H,4,6H2,1-2H3,(H,13,14). The largest absolute Gasteiger partial charge is 0.506 e. The highest BCUT2D eigenvalue weighted by atomic mass is 16.5. The van der Waals surface area contributed by atoms with Crippen molar-refractivity contribution >= 4 is 5.84 Å². The maximum atomic E-state index is 9.99. The molecule has 102 valence electrons. The maximum Gasteiger partial charge on any atom is 0.169 e. The second-order valence-corrected chi connectivity index (χ2v) is 5.00. The van der Waals surface area contributed by atoms with Crippen LogP contribution in [0.2, 0.25) is 0 Å². The van der Waals surface area contributed by atoms with Crippen LogP contribution in [0.4, 0.5) is 0 Å². The Bertz CT molecular complexity index is 545. The summed E-state index contributed by atoms with van der Waals surface area (Å²) in [6, 6.07) is 0. The summed E-state index contributed by atoms with van der Waals surface area (Å²) >= 11 is 0. The molecule has 0 saturated heterocycles. The Balaban J connectivity index is 1.91. The number of hydrazine groups is 2. The van der Waals surface area contributed by atoms with Crippen LogP contribution in [0.25, 0.3) is 0 Å². The Hall–Kier alpha value is -1.99. The highest BCUT2D eigenvalue weighted by Gasteiger charge is 2.35. The van der Waals surface area contributed by atoms with Crippen LogP contribution in [0.5, 0.6) is 0 Å². The number of nitrogens with one attached hydrogen (secondary N) is 2. The summed E-state index contributed by atoms with van der Waals surface area (Å²) in [5, 5.41) is 25.7. The minimum absolute atomic E-state index is 0.114. The summed E-state index contributed by atoms with van der Waals surface area (Å²) in [5.41, 5.74) is 6.16. The van der Waals surface area contributed by atoms with Gasteiger partial charge in [-0.3, -0.25) is 5.43 Å². The molecule has 0 bridgehead atoms. The fourth-order valence-electron chi connectivity index (χ4n) is 2.15. The minimum atomic E-state index is -1.25. The molecule has 1 aliphatic carbocycles. The number of fused-ring (bicyclic) bond motifs is 1. The summed E-state index contributed by atoms with van der Waals surface area (Å²) in [4.78, 5) is 0. The lowest BCUT2D eigenvalue weighted by molar-refractivity contribution is 0.0394. The highest BCUT2D eigenvalue weighted by molar-refractivity contribution is 5.99. The predicted octanol–water partition coefficient (Wildman–Crippen LogP) is 0.0618. The van der Waals surface area contributed by atoms with Crippen LogP contribution in [0.3, 0.4) is 0 Å². The van der Waals surface area contributed by atoms with Gasteiger partial charge in [0.25, 0.3) is 0 Å². The third-order valence-electron chi connectivity index (χ3n) is 3.30. The lowest BCUT2D eigenvalue weighted by atomic mass is 9.89. The molecule has 19 heavy (non-hydrogen) atoms. The van der Waals surface area contributed by atoms with E-state index in [4.69, 9.17) is 4.74 Å². The van der Waals surface area contributed by atoms with Crippen LogP contribution in [0.1, 0.15) is 13.3 Å². The van der Waals surface area contributed by atoms with Crippen molar-refractivity contribution in [2.24, 2.45) is 5.10 Å². The SMILES string of the molecule is CN1NN=C(C2=CC3=CCC(C)(O)C(O)=C3OC2)N1. The second kappa shape index (κ2) is 4.01. The van der Waals surface area contributed by atoms with Crippen molar-refractivity contribution in [3.8, 4) is 0 Å². The van der Waals surface area contributed by atoms with Gasteiger partial charge in [0.1, 0.15) is 12.2 Å². The molecule has 0 spiro atoms. The van der Waals surface area contributed by atoms with Crippen molar-refractivity contribution in [2.75, 3.05) is 13.7 Å². The van der Waals surface area contributed by atoms with E-state index in [9.17, 15) is 10.2 Å². The summed E-state index contributed by atoms with van der Waals surface area (Å²) in [6.45, 7) is 1.85. The van der Waals surface area contributed by atoms with Gasteiger partial charge in [0.15, 0.2) is 17.4 Å². The molecule has 3 aliphatic rings. The van der Waals surface area contributed by atoms with Crippen molar-refractivity contribution in [3.05, 3.63) is 34.8 Å². The number of nitrogens with zero attached hydrogens (tertiary/aromatic N) is 2. The predicted molar refractivity (Wildman–Crippen MR) is 68.5 cm³/mol. The van der Waals surface area contributed by atoms with E-state index in [1.807, 2.05) is 12.2 Å². The Morgan fingerprint density at radius 1 is 1.53 bits per heavy atom. The summed E-state index contributed by atoms with van der Waals surface area (Å²) in [7, 11) is 1.80. The molecule has 4 N–H and O–H groups in total. The van der Waals surface area contributed by atoms with Gasteiger partial charge in [0.2, 0.25) is 0 Å². The molecule has 0 saturated carbocycles. The first-order valence-corrected chi connectivity index (χ1v) is 6.01. The van der Waals surface area contributed by atoms with Crippen molar-refractivity contribution < 1.29 is 14.9 Å². The first-order chi connectivity index (χ1) is 8.97. The molecule has 1 atom stereocenters. The average molecular weight is 264 g/mol. The van der Waals surface area contributed by atoms with Crippen LogP contribution in [-0.4, -0.2) is 40.4 Å². The molecule has 2 aliphatic heterocycles. The highest BCUT2D eigenvalue weighted by Crippen LogP contribution is 2.35. The molecule has 1 unspecified atom stereocenters. The smallest absolute Gasteiger partial charge is 0.169 e. The first-order valence-electron chi connectivity index (χ1n) is 6.01. The van der Waals surface area contributed by atoms with E-state index in [-0.39, 0.29) is 12.4 Å². The van der Waals surface area contributed by atoms with Gasteiger partial charge in [-0.05, 0) is 13.0 Å². The zero-order chi connectivity index (χ0) is 13.6. The van der Waals surface area contributed by atoms with Gasteiger partial charge in [-0.1, -0.05) is 6.08 Å². The molecule has 0 aromatic heterocycles. The van der Waals surface area contributed by atoms with E-state index in [0.29, 0.717) is 18.0 Å². The molecule has 3 rings (SSSR count). The zero-order valence-corrected chi connectivity index (χ0v) is 10.8. The van der Waals surface area contributed by atoms with E-state index in [1.54, 1.807) is 19.1 Å². The summed E-state index contributed by atoms with van der Waals surface area (Å²) < 4.78 is 5.56. The number of hydrazone groups is 1. The van der Waals surface area contributed by atoms with E-state index < -0.39 is 5.60 Å². The molecule has 7 heteroatoms. The monoisotopic (exact) mass is 264 g/mol. The Morgan fingerprint density at radius 3 is 3.00 bits per heavy atom. The van der Waals surface area contributed by atoms with E-state index >= 15 is 0 Å². The molecule has 0 aromatic rings. The molecule has 2 heterocycles. The van der Waals surface area contributed by atoms with Crippen LogP contribution < -0.4 is 11.0 Å². The van der Waals surface area contributed by atoms with Gasteiger partial charge in [0.05, 0.1) is 0 Å². The van der Waals surface area contributed by atoms with Gasteiger partial charge in [-0.15, -0.1) is 10.2 Å². The summed E-state index contributed by atoms with van der Waals surface area (Å²) in [6.07, 6.45) is 4.10. The van der Waals surface area contributed by atoms with E-state index in [1.165, 1.54) is 0 Å². The lowest BCUT2D eigenvalue weighted by Crippen LogP contribution is -2.39. The minimum Gasteiger partial charge on any atom is -0.506 e. The number of allylic oxidation sites excluding steroid dienone is 1. The second-order valence-electron chi connectivity index (χ2n) is 5.00. The number of rotatable bonds is 1. The van der Waals surface area contributed by atoms with Crippen molar-refractivity contribution in [1.29, 1.82) is 0 Å². The zero-order valence-electron chi connectivity index (χ0n) is 10.8. The molecular formula is C12H16N4O3. The van der Waals surface area contributed by atoms with Crippen LogP contribution in [-0.2, 0) is 4.74 Å². The third-order valence-corrected chi connectivity index (χ3v) is 3.30. The van der Waals surface area contributed by atoms with Gasteiger partial charge in [-0.25, -0.2) is 5.53 Å². The van der Waals surface area contributed by atoms with Gasteiger partial charge >= 0.3 is 0 Å². The van der Waals surface area contributed by atoms with Gasteiger partial charge in [-0.2, -0.15) is 0 Å². The molecule has 0 amide bonds. The third kappa shape index (κ3) is 1.96. The van der Waals surface area contributed by atoms with Gasteiger partial charge < -0.3 is 14.9 Å².